The molecule has 0 radical (unpaired) electrons. The van der Waals surface area contributed by atoms with Crippen molar-refractivity contribution < 1.29 is 14.3 Å². The van der Waals surface area contributed by atoms with E-state index in [4.69, 9.17) is 4.74 Å². The number of hydrogen-bond acceptors (Lipinski definition) is 4. The first kappa shape index (κ1) is 18.0. The van der Waals surface area contributed by atoms with Crippen molar-refractivity contribution in [2.45, 2.75) is 44.4 Å². The number of nitrogens with zero attached hydrogens (tertiary/aromatic N) is 2. The van der Waals surface area contributed by atoms with Crippen LogP contribution in [0.15, 0.2) is 47.8 Å². The van der Waals surface area contributed by atoms with E-state index in [-0.39, 0.29) is 30.2 Å². The molecule has 0 spiro atoms. The van der Waals surface area contributed by atoms with Gasteiger partial charge in [-0.15, -0.1) is 11.3 Å². The van der Waals surface area contributed by atoms with E-state index in [2.05, 4.69) is 6.92 Å². The van der Waals surface area contributed by atoms with Gasteiger partial charge in [0.2, 0.25) is 5.91 Å². The largest absolute Gasteiger partial charge is 0.439 e. The van der Waals surface area contributed by atoms with Crippen molar-refractivity contribution in [2.75, 3.05) is 13.1 Å². The number of carbonyl (C=O) groups excluding carboxylic acids is 2. The number of likely N-dealkylation sites (tertiary alicyclic amines) is 1. The summed E-state index contributed by atoms with van der Waals surface area (Å²) >= 11 is 1.62. The van der Waals surface area contributed by atoms with Crippen LogP contribution in [0.3, 0.4) is 0 Å². The molecule has 1 aromatic heterocycles. The number of cyclic esters (lactones) is 1. The summed E-state index contributed by atoms with van der Waals surface area (Å²) in [4.78, 5) is 29.9. The molecule has 27 heavy (non-hydrogen) atoms. The lowest BCUT2D eigenvalue weighted by molar-refractivity contribution is -0.131. The van der Waals surface area contributed by atoms with Gasteiger partial charge in [-0.3, -0.25) is 9.69 Å². The van der Waals surface area contributed by atoms with Gasteiger partial charge in [0.1, 0.15) is 6.10 Å². The smallest absolute Gasteiger partial charge is 0.411 e. The van der Waals surface area contributed by atoms with E-state index in [1.165, 1.54) is 0 Å². The van der Waals surface area contributed by atoms with Crippen LogP contribution >= 0.6 is 11.3 Å². The summed E-state index contributed by atoms with van der Waals surface area (Å²) in [7, 11) is 0. The third-order valence-electron chi connectivity index (χ3n) is 5.56. The first-order valence-corrected chi connectivity index (χ1v) is 10.4. The van der Waals surface area contributed by atoms with Crippen molar-refractivity contribution in [3.8, 4) is 0 Å². The van der Waals surface area contributed by atoms with E-state index < -0.39 is 0 Å². The SMILES string of the molecule is C[C@@H]1[C@H](c2ccccc2)OC(=O)N1C1CCN(C(=O)Cc2cccs2)CC1. The number of amides is 2. The van der Waals surface area contributed by atoms with Crippen LogP contribution in [0.2, 0.25) is 0 Å². The Bertz CT molecular complexity index is 785. The molecule has 0 unspecified atom stereocenters. The first-order chi connectivity index (χ1) is 13.1. The van der Waals surface area contributed by atoms with E-state index in [9.17, 15) is 9.59 Å². The number of thiophene rings is 1. The molecule has 2 aliphatic heterocycles. The van der Waals surface area contributed by atoms with Crippen molar-refractivity contribution in [3.63, 3.8) is 0 Å². The van der Waals surface area contributed by atoms with Crippen LogP contribution < -0.4 is 0 Å². The third-order valence-corrected chi connectivity index (χ3v) is 6.44. The van der Waals surface area contributed by atoms with Crippen molar-refractivity contribution in [1.82, 2.24) is 9.80 Å². The van der Waals surface area contributed by atoms with E-state index in [0.29, 0.717) is 19.5 Å². The zero-order chi connectivity index (χ0) is 18.8. The zero-order valence-corrected chi connectivity index (χ0v) is 16.2. The lowest BCUT2D eigenvalue weighted by Gasteiger charge is -2.37. The normalized spacial score (nSPS) is 23.5. The number of piperidine rings is 1. The molecule has 3 heterocycles. The van der Waals surface area contributed by atoms with E-state index in [1.54, 1.807) is 11.3 Å². The standard InChI is InChI=1S/C21H24N2O3S/c1-15-20(16-6-3-2-4-7-16)26-21(25)23(15)17-9-11-22(12-10-17)19(24)14-18-8-5-13-27-18/h2-8,13,15,17,20H,9-12,14H2,1H3/t15-,20-/m1/s1. The van der Waals surface area contributed by atoms with Gasteiger partial charge in [0.25, 0.3) is 0 Å². The maximum absolute atomic E-state index is 12.5. The first-order valence-electron chi connectivity index (χ1n) is 9.47. The Balaban J connectivity index is 1.36. The summed E-state index contributed by atoms with van der Waals surface area (Å²) in [5.74, 6) is 0.176. The minimum absolute atomic E-state index is 0.00160. The van der Waals surface area contributed by atoms with Gasteiger partial charge in [-0.05, 0) is 36.8 Å². The molecule has 4 rings (SSSR count). The van der Waals surface area contributed by atoms with Crippen LogP contribution in [-0.4, -0.2) is 47.0 Å². The summed E-state index contributed by atoms with van der Waals surface area (Å²) < 4.78 is 5.68. The molecule has 2 saturated heterocycles. The molecule has 1 aromatic carbocycles. The lowest BCUT2D eigenvalue weighted by atomic mass is 9.98. The maximum Gasteiger partial charge on any atom is 0.411 e. The van der Waals surface area contributed by atoms with Crippen molar-refractivity contribution in [2.24, 2.45) is 0 Å². The highest BCUT2D eigenvalue weighted by atomic mass is 32.1. The van der Waals surface area contributed by atoms with Crippen molar-refractivity contribution in [3.05, 3.63) is 58.3 Å². The fourth-order valence-electron chi connectivity index (χ4n) is 4.12. The average molecular weight is 385 g/mol. The molecule has 2 atom stereocenters. The number of benzene rings is 1. The second kappa shape index (κ2) is 7.72. The molecule has 2 aliphatic rings. The molecular weight excluding hydrogens is 360 g/mol. The lowest BCUT2D eigenvalue weighted by Crippen LogP contribution is -2.49. The summed E-state index contributed by atoms with van der Waals surface area (Å²) in [5, 5.41) is 2.00. The Hall–Kier alpha value is -2.34. The van der Waals surface area contributed by atoms with Gasteiger partial charge < -0.3 is 9.64 Å². The number of hydrogen-bond donors (Lipinski definition) is 0. The number of ether oxygens (including phenoxy) is 1. The molecule has 2 fully saturated rings. The zero-order valence-electron chi connectivity index (χ0n) is 15.4. The van der Waals surface area contributed by atoms with Crippen LogP contribution in [0, 0.1) is 0 Å². The van der Waals surface area contributed by atoms with Gasteiger partial charge in [0.15, 0.2) is 0 Å². The molecule has 142 valence electrons. The highest BCUT2D eigenvalue weighted by Gasteiger charge is 2.44. The molecule has 0 bridgehead atoms. The third kappa shape index (κ3) is 3.72. The molecule has 5 nitrogen and oxygen atoms in total. The van der Waals surface area contributed by atoms with Gasteiger partial charge in [-0.25, -0.2) is 4.79 Å². The van der Waals surface area contributed by atoms with Crippen LogP contribution in [0.1, 0.15) is 36.3 Å². The molecule has 2 aromatic rings. The van der Waals surface area contributed by atoms with Gasteiger partial charge >= 0.3 is 6.09 Å². The van der Waals surface area contributed by atoms with Crippen LogP contribution in [-0.2, 0) is 16.0 Å². The Morgan fingerprint density at radius 3 is 2.56 bits per heavy atom. The monoisotopic (exact) mass is 384 g/mol. The van der Waals surface area contributed by atoms with Gasteiger partial charge in [-0.1, -0.05) is 36.4 Å². The summed E-state index contributed by atoms with van der Waals surface area (Å²) in [6.07, 6.45) is 1.62. The molecule has 0 saturated carbocycles. The highest BCUT2D eigenvalue weighted by Crippen LogP contribution is 2.35. The van der Waals surface area contributed by atoms with Crippen LogP contribution in [0.4, 0.5) is 4.79 Å². The van der Waals surface area contributed by atoms with Crippen molar-refractivity contribution >= 4 is 23.3 Å². The molecule has 6 heteroatoms. The minimum atomic E-state index is -0.236. The molecule has 0 N–H and O–H groups in total. The fraction of sp³-hybridized carbons (Fsp3) is 0.429. The predicted molar refractivity (Wildman–Crippen MR) is 105 cm³/mol. The second-order valence-electron chi connectivity index (χ2n) is 7.23. The average Bonchev–Trinajstić information content (AvgIpc) is 3.30. The summed E-state index contributed by atoms with van der Waals surface area (Å²) in [6.45, 7) is 3.44. The fourth-order valence-corrected chi connectivity index (χ4v) is 4.81. The van der Waals surface area contributed by atoms with Gasteiger partial charge in [0, 0.05) is 24.0 Å². The maximum atomic E-state index is 12.5. The van der Waals surface area contributed by atoms with E-state index in [1.807, 2.05) is 57.6 Å². The topological polar surface area (TPSA) is 49.9 Å². The summed E-state index contributed by atoms with van der Waals surface area (Å²) in [5.41, 5.74) is 1.03. The van der Waals surface area contributed by atoms with Gasteiger partial charge in [0.05, 0.1) is 12.5 Å². The van der Waals surface area contributed by atoms with Gasteiger partial charge in [-0.2, -0.15) is 0 Å². The number of carbonyl (C=O) groups is 2. The summed E-state index contributed by atoms with van der Waals surface area (Å²) in [6, 6.07) is 14.0. The Labute approximate surface area is 163 Å². The van der Waals surface area contributed by atoms with E-state index in [0.717, 1.165) is 23.3 Å². The predicted octanol–water partition coefficient (Wildman–Crippen LogP) is 3.86. The van der Waals surface area contributed by atoms with Crippen LogP contribution in [0.5, 0.6) is 0 Å². The Morgan fingerprint density at radius 1 is 1.15 bits per heavy atom. The number of rotatable bonds is 4. The Kier molecular flexibility index (Phi) is 5.16. The second-order valence-corrected chi connectivity index (χ2v) is 8.26. The molecular formula is C21H24N2O3S. The quantitative estimate of drug-likeness (QED) is 0.804. The van der Waals surface area contributed by atoms with Crippen LogP contribution in [0.25, 0.3) is 0 Å². The molecule has 2 amide bonds. The molecule has 0 aliphatic carbocycles. The highest BCUT2D eigenvalue weighted by molar-refractivity contribution is 7.10. The Morgan fingerprint density at radius 2 is 1.89 bits per heavy atom. The van der Waals surface area contributed by atoms with E-state index >= 15 is 0 Å². The minimum Gasteiger partial charge on any atom is -0.439 e. The van der Waals surface area contributed by atoms with Crippen molar-refractivity contribution in [1.29, 1.82) is 0 Å².